The molecule has 1 amide bonds. The van der Waals surface area contributed by atoms with E-state index >= 15 is 0 Å². The fourth-order valence-electron chi connectivity index (χ4n) is 2.08. The molecule has 5 heteroatoms. The number of carbonyl (C=O) groups is 1. The average molecular weight is 318 g/mol. The Hall–Kier alpha value is -1.85. The van der Waals surface area contributed by atoms with E-state index in [2.05, 4.69) is 24.4 Å². The smallest absolute Gasteiger partial charge is 0.224 e. The second-order valence-electron chi connectivity index (χ2n) is 5.08. The van der Waals surface area contributed by atoms with Crippen LogP contribution in [0.3, 0.4) is 0 Å². The van der Waals surface area contributed by atoms with Crippen LogP contribution in [0, 0.1) is 6.92 Å². The van der Waals surface area contributed by atoms with Crippen molar-refractivity contribution in [1.82, 2.24) is 0 Å². The molecule has 1 aromatic heterocycles. The summed E-state index contributed by atoms with van der Waals surface area (Å²) in [5.74, 6) is 0.806. The summed E-state index contributed by atoms with van der Waals surface area (Å²) < 4.78 is 5.39. The minimum absolute atomic E-state index is 0.0453. The minimum Gasteiger partial charge on any atom is -0.492 e. The Morgan fingerprint density at radius 3 is 2.64 bits per heavy atom. The Balaban J connectivity index is 1.72. The van der Waals surface area contributed by atoms with Gasteiger partial charge in [-0.1, -0.05) is 0 Å². The van der Waals surface area contributed by atoms with Crippen molar-refractivity contribution in [3.8, 4) is 5.75 Å². The third-order valence-electron chi connectivity index (χ3n) is 3.15. The van der Waals surface area contributed by atoms with E-state index in [4.69, 9.17) is 10.5 Å². The normalized spacial score (nSPS) is 10.5. The lowest BCUT2D eigenvalue weighted by atomic mass is 10.2. The fourth-order valence-corrected chi connectivity index (χ4v) is 3.01. The van der Waals surface area contributed by atoms with Gasteiger partial charge in [-0.3, -0.25) is 4.79 Å². The molecule has 0 atom stereocenters. The van der Waals surface area contributed by atoms with Gasteiger partial charge in [0.1, 0.15) is 12.4 Å². The molecule has 2 aromatic rings. The van der Waals surface area contributed by atoms with Crippen molar-refractivity contribution < 1.29 is 9.53 Å². The highest BCUT2D eigenvalue weighted by molar-refractivity contribution is 7.11. The van der Waals surface area contributed by atoms with Gasteiger partial charge in [-0.25, -0.2) is 0 Å². The van der Waals surface area contributed by atoms with E-state index in [0.717, 1.165) is 24.3 Å². The second-order valence-corrected chi connectivity index (χ2v) is 6.45. The summed E-state index contributed by atoms with van der Waals surface area (Å²) in [5.41, 5.74) is 6.17. The number of aryl methyl sites for hydroxylation is 2. The van der Waals surface area contributed by atoms with Crippen molar-refractivity contribution in [2.45, 2.75) is 26.2 Å². The van der Waals surface area contributed by atoms with Crippen LogP contribution < -0.4 is 15.8 Å². The molecule has 0 unspecified atom stereocenters. The van der Waals surface area contributed by atoms with Crippen LogP contribution in [0.2, 0.25) is 0 Å². The number of rotatable bonds is 8. The summed E-state index contributed by atoms with van der Waals surface area (Å²) in [7, 11) is 0. The number of ether oxygens (including phenoxy) is 1. The fraction of sp³-hybridized carbons (Fsp3) is 0.353. The number of hydrogen-bond donors (Lipinski definition) is 2. The maximum Gasteiger partial charge on any atom is 0.224 e. The molecule has 1 aromatic carbocycles. The van der Waals surface area contributed by atoms with Crippen molar-refractivity contribution in [1.29, 1.82) is 0 Å². The average Bonchev–Trinajstić information content (AvgIpc) is 2.92. The van der Waals surface area contributed by atoms with Gasteiger partial charge >= 0.3 is 0 Å². The molecule has 1 heterocycles. The van der Waals surface area contributed by atoms with Crippen molar-refractivity contribution in [3.63, 3.8) is 0 Å². The van der Waals surface area contributed by atoms with Crippen LogP contribution in [0.4, 0.5) is 5.69 Å². The Labute approximate surface area is 135 Å². The molecule has 0 aliphatic rings. The molecule has 118 valence electrons. The standard InChI is InChI=1S/C17H22N2O2S/c1-13-5-10-16(22-13)3-2-4-17(20)19-14-6-8-15(9-7-14)21-12-11-18/h5-10H,2-4,11-12,18H2,1H3,(H,19,20). The van der Waals surface area contributed by atoms with E-state index in [1.54, 1.807) is 11.3 Å². The minimum atomic E-state index is 0.0453. The highest BCUT2D eigenvalue weighted by Gasteiger charge is 2.04. The molecule has 0 saturated heterocycles. The summed E-state index contributed by atoms with van der Waals surface area (Å²) >= 11 is 1.80. The maximum absolute atomic E-state index is 11.9. The van der Waals surface area contributed by atoms with Crippen LogP contribution in [0.15, 0.2) is 36.4 Å². The largest absolute Gasteiger partial charge is 0.492 e. The first-order valence-electron chi connectivity index (χ1n) is 7.45. The number of nitrogens with two attached hydrogens (primary N) is 1. The Bertz CT molecular complexity index is 593. The molecule has 0 saturated carbocycles. The van der Waals surface area contributed by atoms with Gasteiger partial charge in [0.15, 0.2) is 0 Å². The molecule has 22 heavy (non-hydrogen) atoms. The van der Waals surface area contributed by atoms with Gasteiger partial charge < -0.3 is 15.8 Å². The number of thiophene rings is 1. The van der Waals surface area contributed by atoms with Gasteiger partial charge in [-0.2, -0.15) is 0 Å². The van der Waals surface area contributed by atoms with Gasteiger partial charge in [0.25, 0.3) is 0 Å². The highest BCUT2D eigenvalue weighted by atomic mass is 32.1. The number of hydrogen-bond acceptors (Lipinski definition) is 4. The third-order valence-corrected chi connectivity index (χ3v) is 4.21. The molecular formula is C17H22N2O2S. The molecule has 0 aliphatic carbocycles. The molecule has 0 bridgehead atoms. The molecule has 0 aliphatic heterocycles. The van der Waals surface area contributed by atoms with Crippen LogP contribution in [0.1, 0.15) is 22.6 Å². The van der Waals surface area contributed by atoms with E-state index in [1.807, 2.05) is 24.3 Å². The highest BCUT2D eigenvalue weighted by Crippen LogP contribution is 2.18. The lowest BCUT2D eigenvalue weighted by molar-refractivity contribution is -0.116. The number of nitrogens with one attached hydrogen (secondary N) is 1. The zero-order chi connectivity index (χ0) is 15.8. The summed E-state index contributed by atoms with van der Waals surface area (Å²) in [6.07, 6.45) is 2.35. The summed E-state index contributed by atoms with van der Waals surface area (Å²) in [6.45, 7) is 3.08. The van der Waals surface area contributed by atoms with Gasteiger partial charge in [-0.05, 0) is 56.2 Å². The molecule has 3 N–H and O–H groups in total. The summed E-state index contributed by atoms with van der Waals surface area (Å²) in [4.78, 5) is 14.6. The van der Waals surface area contributed by atoms with Gasteiger partial charge in [0.2, 0.25) is 5.91 Å². The van der Waals surface area contributed by atoms with Crippen molar-refractivity contribution in [2.75, 3.05) is 18.5 Å². The topological polar surface area (TPSA) is 64.3 Å². The predicted molar refractivity (Wildman–Crippen MR) is 91.6 cm³/mol. The van der Waals surface area contributed by atoms with Crippen LogP contribution in [-0.2, 0) is 11.2 Å². The third kappa shape index (κ3) is 5.50. The second kappa shape index (κ2) is 8.56. The summed E-state index contributed by atoms with van der Waals surface area (Å²) in [5, 5.41) is 2.90. The van der Waals surface area contributed by atoms with Gasteiger partial charge in [0, 0.05) is 28.4 Å². The number of anilines is 1. The lowest BCUT2D eigenvalue weighted by Gasteiger charge is -2.07. The van der Waals surface area contributed by atoms with Gasteiger partial charge in [-0.15, -0.1) is 11.3 Å². The van der Waals surface area contributed by atoms with Crippen molar-refractivity contribution in [2.24, 2.45) is 5.73 Å². The van der Waals surface area contributed by atoms with Crippen LogP contribution in [0.5, 0.6) is 5.75 Å². The number of amides is 1. The number of benzene rings is 1. The first-order chi connectivity index (χ1) is 10.7. The molecule has 0 fully saturated rings. The SMILES string of the molecule is Cc1ccc(CCCC(=O)Nc2ccc(OCCN)cc2)s1. The monoisotopic (exact) mass is 318 g/mol. The molecule has 4 nitrogen and oxygen atoms in total. The van der Waals surface area contributed by atoms with Crippen LogP contribution >= 0.6 is 11.3 Å². The molecule has 0 radical (unpaired) electrons. The first kappa shape index (κ1) is 16.5. The zero-order valence-corrected chi connectivity index (χ0v) is 13.6. The lowest BCUT2D eigenvalue weighted by Crippen LogP contribution is -2.12. The zero-order valence-electron chi connectivity index (χ0n) is 12.8. The van der Waals surface area contributed by atoms with Crippen LogP contribution in [0.25, 0.3) is 0 Å². The number of carbonyl (C=O) groups excluding carboxylic acids is 1. The van der Waals surface area contributed by atoms with E-state index in [0.29, 0.717) is 19.6 Å². The molecule has 0 spiro atoms. The molecule has 2 rings (SSSR count). The van der Waals surface area contributed by atoms with Crippen molar-refractivity contribution in [3.05, 3.63) is 46.2 Å². The van der Waals surface area contributed by atoms with Gasteiger partial charge in [0.05, 0.1) is 0 Å². The molecular weight excluding hydrogens is 296 g/mol. The van der Waals surface area contributed by atoms with E-state index < -0.39 is 0 Å². The van der Waals surface area contributed by atoms with Crippen molar-refractivity contribution >= 4 is 22.9 Å². The predicted octanol–water partition coefficient (Wildman–Crippen LogP) is 3.36. The Morgan fingerprint density at radius 2 is 2.00 bits per heavy atom. The maximum atomic E-state index is 11.9. The quantitative estimate of drug-likeness (QED) is 0.784. The summed E-state index contributed by atoms with van der Waals surface area (Å²) in [6, 6.07) is 11.6. The van der Waals surface area contributed by atoms with Crippen LogP contribution in [-0.4, -0.2) is 19.1 Å². The van der Waals surface area contributed by atoms with E-state index in [9.17, 15) is 4.79 Å². The van der Waals surface area contributed by atoms with E-state index in [-0.39, 0.29) is 5.91 Å². The Morgan fingerprint density at radius 1 is 1.23 bits per heavy atom. The van der Waals surface area contributed by atoms with E-state index in [1.165, 1.54) is 9.75 Å². The Kier molecular flexibility index (Phi) is 6.43. The first-order valence-corrected chi connectivity index (χ1v) is 8.27.